The third-order valence-electron chi connectivity index (χ3n) is 5.98. The number of hydrogen-bond acceptors (Lipinski definition) is 5. The molecule has 2 N–H and O–H groups in total. The molecule has 3 aromatic rings. The molecule has 1 atom stereocenters. The van der Waals surface area contributed by atoms with Crippen molar-refractivity contribution in [1.82, 2.24) is 5.16 Å². The van der Waals surface area contributed by atoms with Crippen molar-refractivity contribution in [2.45, 2.75) is 50.3 Å². The fraction of sp³-hybridized carbons (Fsp3) is 0.348. The first-order chi connectivity index (χ1) is 14.9. The van der Waals surface area contributed by atoms with Gasteiger partial charge in [-0.05, 0) is 68.4 Å². The summed E-state index contributed by atoms with van der Waals surface area (Å²) in [7, 11) is 0. The van der Waals surface area contributed by atoms with Gasteiger partial charge in [0.15, 0.2) is 0 Å². The molecule has 0 aliphatic heterocycles. The van der Waals surface area contributed by atoms with E-state index in [1.54, 1.807) is 19.1 Å². The molecule has 0 saturated heterocycles. The zero-order valence-electron chi connectivity index (χ0n) is 17.4. The van der Waals surface area contributed by atoms with Crippen LogP contribution in [-0.2, 0) is 16.4 Å². The summed E-state index contributed by atoms with van der Waals surface area (Å²) in [6, 6.07) is 9.59. The summed E-state index contributed by atoms with van der Waals surface area (Å²) in [4.78, 5) is 24.6. The Morgan fingerprint density at radius 2 is 1.91 bits per heavy atom. The van der Waals surface area contributed by atoms with Crippen LogP contribution in [0.25, 0.3) is 10.8 Å². The van der Waals surface area contributed by atoms with Gasteiger partial charge in [0.25, 0.3) is 5.91 Å². The largest absolute Gasteiger partial charge is 0.416 e. The zero-order valence-corrected chi connectivity index (χ0v) is 17.4. The van der Waals surface area contributed by atoms with Gasteiger partial charge in [0.2, 0.25) is 0 Å². The molecule has 4 rings (SSSR count). The first kappa shape index (κ1) is 22.0. The number of halogens is 3. The molecule has 1 unspecified atom stereocenters. The number of aliphatic hydroxyl groups is 1. The maximum Gasteiger partial charge on any atom is 0.416 e. The molecular weight excluding hydrogens is 425 g/mol. The molecule has 1 saturated carbocycles. The molecule has 1 aromatic heterocycles. The molecule has 6 nitrogen and oxygen atoms in total. The van der Waals surface area contributed by atoms with Gasteiger partial charge in [0.1, 0.15) is 5.60 Å². The average molecular weight is 446 g/mol. The molecule has 0 bridgehead atoms. The molecule has 168 valence electrons. The van der Waals surface area contributed by atoms with Gasteiger partial charge in [-0.15, -0.1) is 0 Å². The van der Waals surface area contributed by atoms with E-state index in [4.69, 9.17) is 0 Å². The molecule has 1 fully saturated rings. The number of carbonyl (C=O) groups excluding carboxylic acids is 1. The SMILES string of the molecule is Cc1noc(=O)c2ccc(NC(=O)C(C)(O)CC3(c4cccc(C(F)(F)F)c4)CC3)cc12. The smallest absolute Gasteiger partial charge is 0.380 e. The predicted molar refractivity (Wildman–Crippen MR) is 111 cm³/mol. The molecule has 1 amide bonds. The second-order valence-electron chi connectivity index (χ2n) is 8.58. The standard InChI is InChI=1S/C23H21F3N2O4/c1-13-18-11-16(6-7-17(18)19(29)32-28-13)27-20(30)21(2,31)12-22(8-9-22)14-4-3-5-15(10-14)23(24,25)26/h3-7,10-11,31H,8-9,12H2,1-2H3,(H,27,30). The van der Waals surface area contributed by atoms with Gasteiger partial charge in [0.05, 0.1) is 16.6 Å². The summed E-state index contributed by atoms with van der Waals surface area (Å²) in [5.41, 5.74) is -2.61. The molecule has 0 spiro atoms. The van der Waals surface area contributed by atoms with Gasteiger partial charge < -0.3 is 14.9 Å². The van der Waals surface area contributed by atoms with Crippen molar-refractivity contribution >= 4 is 22.4 Å². The normalized spacial score (nSPS) is 17.1. The minimum absolute atomic E-state index is 0.0229. The molecule has 0 radical (unpaired) electrons. The molecule has 1 aliphatic rings. The minimum atomic E-state index is -4.47. The number of aromatic nitrogens is 1. The Labute approximate surface area is 181 Å². The van der Waals surface area contributed by atoms with E-state index in [2.05, 4.69) is 15.0 Å². The van der Waals surface area contributed by atoms with Gasteiger partial charge in [-0.3, -0.25) is 4.79 Å². The highest BCUT2D eigenvalue weighted by molar-refractivity contribution is 5.99. The average Bonchev–Trinajstić information content (AvgIpc) is 3.50. The van der Waals surface area contributed by atoms with Crippen LogP contribution in [0.15, 0.2) is 51.8 Å². The molecule has 2 aromatic carbocycles. The van der Waals surface area contributed by atoms with Crippen molar-refractivity contribution in [3.8, 4) is 0 Å². The lowest BCUT2D eigenvalue weighted by molar-refractivity contribution is -0.137. The fourth-order valence-corrected chi connectivity index (χ4v) is 4.06. The Bertz CT molecular complexity index is 1260. The minimum Gasteiger partial charge on any atom is -0.380 e. The summed E-state index contributed by atoms with van der Waals surface area (Å²) < 4.78 is 44.0. The lowest BCUT2D eigenvalue weighted by atomic mass is 9.83. The summed E-state index contributed by atoms with van der Waals surface area (Å²) >= 11 is 0. The summed E-state index contributed by atoms with van der Waals surface area (Å²) in [6.45, 7) is 3.00. The Kier molecular flexibility index (Phi) is 5.12. The van der Waals surface area contributed by atoms with E-state index in [1.165, 1.54) is 25.1 Å². The quantitative estimate of drug-likeness (QED) is 0.609. The van der Waals surface area contributed by atoms with Crippen molar-refractivity contribution in [2.24, 2.45) is 0 Å². The van der Waals surface area contributed by atoms with Crippen LogP contribution in [0.4, 0.5) is 18.9 Å². The summed E-state index contributed by atoms with van der Waals surface area (Å²) in [5.74, 6) is -0.691. The van der Waals surface area contributed by atoms with Gasteiger partial charge in [-0.2, -0.15) is 13.2 Å². The van der Waals surface area contributed by atoms with E-state index < -0.39 is 34.3 Å². The number of alkyl halides is 3. The van der Waals surface area contributed by atoms with E-state index >= 15 is 0 Å². The number of nitrogens with one attached hydrogen (secondary N) is 1. The van der Waals surface area contributed by atoms with E-state index in [-0.39, 0.29) is 6.42 Å². The number of carbonyl (C=O) groups is 1. The van der Waals surface area contributed by atoms with Gasteiger partial charge in [-0.1, -0.05) is 23.4 Å². The van der Waals surface area contributed by atoms with Crippen LogP contribution in [0.1, 0.15) is 43.0 Å². The molecule has 9 heteroatoms. The van der Waals surface area contributed by atoms with E-state index in [9.17, 15) is 27.9 Å². The number of rotatable bonds is 5. The first-order valence-corrected chi connectivity index (χ1v) is 10.0. The van der Waals surface area contributed by atoms with Crippen molar-refractivity contribution in [3.63, 3.8) is 0 Å². The monoisotopic (exact) mass is 446 g/mol. The van der Waals surface area contributed by atoms with Gasteiger partial charge in [-0.25, -0.2) is 4.79 Å². The number of hydrogen-bond donors (Lipinski definition) is 2. The number of nitrogens with zero attached hydrogens (tertiary/aromatic N) is 1. The fourth-order valence-electron chi connectivity index (χ4n) is 4.06. The second kappa shape index (κ2) is 7.44. The topological polar surface area (TPSA) is 92.4 Å². The molecule has 1 heterocycles. The van der Waals surface area contributed by atoms with Crippen LogP contribution in [0.2, 0.25) is 0 Å². The number of anilines is 1. The highest BCUT2D eigenvalue weighted by Gasteiger charge is 2.51. The van der Waals surface area contributed by atoms with Crippen molar-refractivity contribution in [2.75, 3.05) is 5.32 Å². The number of benzene rings is 2. The predicted octanol–water partition coefficient (Wildman–Crippen LogP) is 4.33. The van der Waals surface area contributed by atoms with E-state index in [1.807, 2.05) is 0 Å². The Hall–Kier alpha value is -3.20. The zero-order chi connectivity index (χ0) is 23.3. The summed E-state index contributed by atoms with van der Waals surface area (Å²) in [5, 5.41) is 18.0. The second-order valence-corrected chi connectivity index (χ2v) is 8.58. The van der Waals surface area contributed by atoms with E-state index in [0.29, 0.717) is 40.6 Å². The van der Waals surface area contributed by atoms with Crippen molar-refractivity contribution in [3.05, 3.63) is 69.7 Å². The van der Waals surface area contributed by atoms with Crippen LogP contribution < -0.4 is 10.9 Å². The van der Waals surface area contributed by atoms with Crippen LogP contribution in [0.3, 0.4) is 0 Å². The van der Waals surface area contributed by atoms with Gasteiger partial charge in [0, 0.05) is 11.1 Å². The molecular formula is C23H21F3N2O4. The van der Waals surface area contributed by atoms with Gasteiger partial charge >= 0.3 is 11.8 Å². The van der Waals surface area contributed by atoms with Crippen LogP contribution >= 0.6 is 0 Å². The lowest BCUT2D eigenvalue weighted by Gasteiger charge is -2.28. The number of aryl methyl sites for hydroxylation is 1. The Morgan fingerprint density at radius 3 is 2.56 bits per heavy atom. The molecule has 1 aliphatic carbocycles. The number of amides is 1. The lowest BCUT2D eigenvalue weighted by Crippen LogP contribution is -2.43. The maximum absolute atomic E-state index is 13.1. The Balaban J connectivity index is 1.55. The van der Waals surface area contributed by atoms with Crippen molar-refractivity contribution < 1.29 is 27.6 Å². The van der Waals surface area contributed by atoms with Crippen molar-refractivity contribution in [1.29, 1.82) is 0 Å². The Morgan fingerprint density at radius 1 is 1.19 bits per heavy atom. The third-order valence-corrected chi connectivity index (χ3v) is 5.98. The maximum atomic E-state index is 13.1. The van der Waals surface area contributed by atoms with Crippen LogP contribution in [0.5, 0.6) is 0 Å². The van der Waals surface area contributed by atoms with Crippen LogP contribution in [0, 0.1) is 6.92 Å². The molecule has 32 heavy (non-hydrogen) atoms. The van der Waals surface area contributed by atoms with E-state index in [0.717, 1.165) is 12.1 Å². The first-order valence-electron chi connectivity index (χ1n) is 10.0. The summed E-state index contributed by atoms with van der Waals surface area (Å²) in [6.07, 6.45) is -3.33. The highest BCUT2D eigenvalue weighted by atomic mass is 19.4. The van der Waals surface area contributed by atoms with Crippen LogP contribution in [-0.4, -0.2) is 21.8 Å². The third kappa shape index (κ3) is 4.12. The number of fused-ring (bicyclic) bond motifs is 1. The highest BCUT2D eigenvalue weighted by Crippen LogP contribution is 2.54.